The molecule has 30 heavy (non-hydrogen) atoms. The molecule has 1 saturated heterocycles. The molecule has 2 aromatic carbocycles. The summed E-state index contributed by atoms with van der Waals surface area (Å²) in [5.74, 6) is -1.67. The highest BCUT2D eigenvalue weighted by molar-refractivity contribution is 6.30. The predicted octanol–water partition coefficient (Wildman–Crippen LogP) is 2.63. The molecule has 2 aliphatic rings. The van der Waals surface area contributed by atoms with Gasteiger partial charge in [0.1, 0.15) is 18.1 Å². The minimum atomic E-state index is -1.09. The van der Waals surface area contributed by atoms with Crippen molar-refractivity contribution in [2.75, 3.05) is 18.5 Å². The topological polar surface area (TPSA) is 89.5 Å². The maximum Gasteiger partial charge on any atom is 0.441 e. The van der Waals surface area contributed by atoms with Gasteiger partial charge < -0.3 is 19.6 Å². The van der Waals surface area contributed by atoms with Gasteiger partial charge in [0.2, 0.25) is 12.2 Å². The van der Waals surface area contributed by atoms with E-state index >= 15 is 0 Å². The fourth-order valence-electron chi connectivity index (χ4n) is 3.05. The van der Waals surface area contributed by atoms with Gasteiger partial charge in [-0.1, -0.05) is 25.1 Å². The second-order valence-corrected chi connectivity index (χ2v) is 6.85. The monoisotopic (exact) mass is 413 g/mol. The van der Waals surface area contributed by atoms with Gasteiger partial charge >= 0.3 is 11.9 Å². The number of halogens is 1. The molecule has 156 valence electrons. The highest BCUT2D eigenvalue weighted by Gasteiger charge is 2.38. The molecule has 0 saturated carbocycles. The molecule has 1 fully saturated rings. The lowest BCUT2D eigenvalue weighted by Gasteiger charge is -2.17. The maximum atomic E-state index is 14.3. The number of ether oxygens (including phenoxy) is 2. The van der Waals surface area contributed by atoms with E-state index in [1.54, 1.807) is 24.3 Å². The predicted molar refractivity (Wildman–Crippen MR) is 105 cm³/mol. The Hall–Kier alpha value is -3.62. The number of hydrogen-bond donors (Lipinski definition) is 1. The first-order chi connectivity index (χ1) is 14.5. The Morgan fingerprint density at radius 2 is 2.00 bits per heavy atom. The van der Waals surface area contributed by atoms with Crippen LogP contribution in [0.2, 0.25) is 0 Å². The number of rotatable bonds is 6. The molecule has 2 heterocycles. The molecule has 0 aromatic heterocycles. The van der Waals surface area contributed by atoms with Crippen LogP contribution in [-0.2, 0) is 25.6 Å². The summed E-state index contributed by atoms with van der Waals surface area (Å²) >= 11 is 0. The van der Waals surface area contributed by atoms with Gasteiger partial charge in [-0.15, -0.1) is 0 Å². The number of carbonyl (C=O) groups is 2. The van der Waals surface area contributed by atoms with Crippen molar-refractivity contribution in [2.45, 2.75) is 26.0 Å². The zero-order valence-electron chi connectivity index (χ0n) is 16.3. The molecular formula is C21H20FN3O5. The van der Waals surface area contributed by atoms with Crippen LogP contribution < -0.4 is 10.1 Å². The summed E-state index contributed by atoms with van der Waals surface area (Å²) < 4.78 is 24.7. The summed E-state index contributed by atoms with van der Waals surface area (Å²) in [5, 5.41) is 4.21. The normalized spacial score (nSPS) is 17.7. The second kappa shape index (κ2) is 8.40. The molecule has 0 amide bonds. The van der Waals surface area contributed by atoms with E-state index in [9.17, 15) is 14.0 Å². The van der Waals surface area contributed by atoms with Gasteiger partial charge in [-0.3, -0.25) is 0 Å². The molecule has 0 aliphatic carbocycles. The Labute approximate surface area is 172 Å². The lowest BCUT2D eigenvalue weighted by Crippen LogP contribution is -2.36. The lowest BCUT2D eigenvalue weighted by molar-refractivity contribution is -0.179. The fraction of sp³-hybridized carbons (Fsp3) is 0.286. The van der Waals surface area contributed by atoms with Gasteiger partial charge in [0.25, 0.3) is 0 Å². The first kappa shape index (κ1) is 19.7. The molecule has 9 heteroatoms. The Morgan fingerprint density at radius 1 is 1.20 bits per heavy atom. The third-order valence-corrected chi connectivity index (χ3v) is 4.53. The van der Waals surface area contributed by atoms with Crippen molar-refractivity contribution < 1.29 is 28.3 Å². The average molecular weight is 413 g/mol. The van der Waals surface area contributed by atoms with Crippen LogP contribution in [0, 0.1) is 5.82 Å². The first-order valence-corrected chi connectivity index (χ1v) is 9.57. The number of anilines is 1. The minimum Gasteiger partial charge on any atom is -0.494 e. The SMILES string of the molecule is CCCOc1ccc(Cc2ccc(NC3=NC4CN3OC(=O)C(=O)O4)cc2)c(F)c1. The number of nitrogens with one attached hydrogen (secondary N) is 1. The second-order valence-electron chi connectivity index (χ2n) is 6.85. The van der Waals surface area contributed by atoms with Crippen molar-refractivity contribution in [3.8, 4) is 5.75 Å². The molecule has 2 aliphatic heterocycles. The number of guanidine groups is 1. The molecule has 1 unspecified atom stereocenters. The van der Waals surface area contributed by atoms with Gasteiger partial charge in [0.05, 0.1) is 6.61 Å². The zero-order chi connectivity index (χ0) is 21.1. The summed E-state index contributed by atoms with van der Waals surface area (Å²) in [6.07, 6.45) is 0.503. The van der Waals surface area contributed by atoms with Gasteiger partial charge in [-0.2, -0.15) is 5.06 Å². The van der Waals surface area contributed by atoms with Crippen LogP contribution in [-0.4, -0.2) is 42.3 Å². The average Bonchev–Trinajstić information content (AvgIpc) is 3.02. The van der Waals surface area contributed by atoms with E-state index in [2.05, 4.69) is 10.3 Å². The summed E-state index contributed by atoms with van der Waals surface area (Å²) in [6, 6.07) is 12.2. The van der Waals surface area contributed by atoms with E-state index in [4.69, 9.17) is 14.3 Å². The highest BCUT2D eigenvalue weighted by atomic mass is 19.1. The van der Waals surface area contributed by atoms with E-state index < -0.39 is 18.2 Å². The minimum absolute atomic E-state index is 0.134. The van der Waals surface area contributed by atoms with E-state index in [1.807, 2.05) is 19.1 Å². The Morgan fingerprint density at radius 3 is 2.73 bits per heavy atom. The molecule has 4 rings (SSSR count). The Balaban J connectivity index is 1.40. The van der Waals surface area contributed by atoms with Crippen molar-refractivity contribution >= 4 is 23.6 Å². The molecule has 2 aromatic rings. The molecule has 1 N–H and O–H groups in total. The van der Waals surface area contributed by atoms with Crippen molar-refractivity contribution in [1.82, 2.24) is 5.06 Å². The van der Waals surface area contributed by atoms with Crippen LogP contribution in [0.3, 0.4) is 0 Å². The van der Waals surface area contributed by atoms with E-state index in [1.165, 1.54) is 11.1 Å². The maximum absolute atomic E-state index is 14.3. The van der Waals surface area contributed by atoms with Crippen molar-refractivity contribution in [3.63, 3.8) is 0 Å². The number of aliphatic imine (C=N–C) groups is 1. The van der Waals surface area contributed by atoms with Gasteiger partial charge in [-0.05, 0) is 35.7 Å². The summed E-state index contributed by atoms with van der Waals surface area (Å²) in [7, 11) is 0. The van der Waals surface area contributed by atoms with Gasteiger partial charge in [-0.25, -0.2) is 19.0 Å². The zero-order valence-corrected chi connectivity index (χ0v) is 16.3. The van der Waals surface area contributed by atoms with Crippen LogP contribution in [0.5, 0.6) is 5.75 Å². The summed E-state index contributed by atoms with van der Waals surface area (Å²) in [6.45, 7) is 2.68. The Kier molecular flexibility index (Phi) is 5.51. The van der Waals surface area contributed by atoms with Crippen LogP contribution in [0.25, 0.3) is 0 Å². The number of fused-ring (bicyclic) bond motifs is 2. The number of nitrogens with zero attached hydrogens (tertiary/aromatic N) is 2. The molecule has 0 radical (unpaired) electrons. The van der Waals surface area contributed by atoms with E-state index in [0.29, 0.717) is 30.0 Å². The van der Waals surface area contributed by atoms with Crippen molar-refractivity contribution in [2.24, 2.45) is 4.99 Å². The molecular weight excluding hydrogens is 393 g/mol. The molecule has 1 atom stereocenters. The van der Waals surface area contributed by atoms with Crippen LogP contribution >= 0.6 is 0 Å². The number of hydrogen-bond acceptors (Lipinski definition) is 8. The Bertz CT molecular complexity index is 993. The van der Waals surface area contributed by atoms with Crippen LogP contribution in [0.15, 0.2) is 47.5 Å². The quantitative estimate of drug-likeness (QED) is 0.575. The molecule has 2 bridgehead atoms. The largest absolute Gasteiger partial charge is 0.494 e. The van der Waals surface area contributed by atoms with Crippen LogP contribution in [0.1, 0.15) is 24.5 Å². The fourth-order valence-corrected chi connectivity index (χ4v) is 3.05. The number of carbonyl (C=O) groups excluding carboxylic acids is 2. The van der Waals surface area contributed by atoms with Gasteiger partial charge in [0.15, 0.2) is 0 Å². The van der Waals surface area contributed by atoms with Crippen molar-refractivity contribution in [1.29, 1.82) is 0 Å². The van der Waals surface area contributed by atoms with Gasteiger partial charge in [0, 0.05) is 18.2 Å². The standard InChI is InChI=1S/C21H20FN3O5/c1-2-9-28-16-8-5-14(17(22)11-16)10-13-3-6-15(7-4-13)23-21-24-18-12-25(21)30-20(27)19(26)29-18/h3-8,11,18H,2,9-10,12H2,1H3,(H,23,24). The molecule has 8 nitrogen and oxygen atoms in total. The van der Waals surface area contributed by atoms with E-state index in [-0.39, 0.29) is 18.3 Å². The smallest absolute Gasteiger partial charge is 0.441 e. The number of esters is 1. The lowest BCUT2D eigenvalue weighted by atomic mass is 10.0. The third-order valence-electron chi connectivity index (χ3n) is 4.53. The summed E-state index contributed by atoms with van der Waals surface area (Å²) in [4.78, 5) is 31.9. The number of hydroxylamine groups is 2. The summed E-state index contributed by atoms with van der Waals surface area (Å²) in [5.41, 5.74) is 2.19. The van der Waals surface area contributed by atoms with Crippen molar-refractivity contribution in [3.05, 3.63) is 59.4 Å². The number of benzene rings is 2. The third kappa shape index (κ3) is 4.35. The molecule has 0 spiro atoms. The first-order valence-electron chi connectivity index (χ1n) is 9.57. The van der Waals surface area contributed by atoms with E-state index in [0.717, 1.165) is 12.0 Å². The highest BCUT2D eigenvalue weighted by Crippen LogP contribution is 2.22. The van der Waals surface area contributed by atoms with Crippen LogP contribution in [0.4, 0.5) is 10.1 Å².